The fourth-order valence-corrected chi connectivity index (χ4v) is 3.80. The zero-order chi connectivity index (χ0) is 26.4. The third-order valence-electron chi connectivity index (χ3n) is 5.65. The Labute approximate surface area is 205 Å². The molecule has 10 nitrogen and oxygen atoms in total. The standard InChI is InChI=1S/C24H26F2N4O6/c1-35-21(19-17(25)7-6-16(20(19)26)23(33)29-8-10-36-11-9-29)24(34)30(13-18(31)32)12-14-2-4-15(5-3-14)22(27)28/h2-7,21H,8-13H2,1H3,(H3,27,28)(H,31,32). The highest BCUT2D eigenvalue weighted by Crippen LogP contribution is 2.29. The van der Waals surface area contributed by atoms with Gasteiger partial charge in [0, 0.05) is 32.3 Å². The van der Waals surface area contributed by atoms with Crippen LogP contribution in [0.2, 0.25) is 0 Å². The summed E-state index contributed by atoms with van der Waals surface area (Å²) in [5.41, 5.74) is 5.12. The maximum absolute atomic E-state index is 15.5. The van der Waals surface area contributed by atoms with Gasteiger partial charge in [-0.15, -0.1) is 0 Å². The Morgan fingerprint density at radius 3 is 2.36 bits per heavy atom. The Morgan fingerprint density at radius 2 is 1.81 bits per heavy atom. The molecule has 2 amide bonds. The number of morpholine rings is 1. The number of benzene rings is 2. The van der Waals surface area contributed by atoms with Gasteiger partial charge in [0.2, 0.25) is 0 Å². The summed E-state index contributed by atoms with van der Waals surface area (Å²) in [5.74, 6) is -5.59. The number of amidine groups is 1. The van der Waals surface area contributed by atoms with Gasteiger partial charge < -0.3 is 30.1 Å². The van der Waals surface area contributed by atoms with Crippen LogP contribution in [0.4, 0.5) is 8.78 Å². The van der Waals surface area contributed by atoms with E-state index in [2.05, 4.69) is 0 Å². The normalized spacial score (nSPS) is 14.2. The average molecular weight is 504 g/mol. The van der Waals surface area contributed by atoms with Crippen LogP contribution in [0.15, 0.2) is 36.4 Å². The number of carboxylic acids is 1. The monoisotopic (exact) mass is 504 g/mol. The Balaban J connectivity index is 1.93. The summed E-state index contributed by atoms with van der Waals surface area (Å²) >= 11 is 0. The lowest BCUT2D eigenvalue weighted by Gasteiger charge is -2.28. The van der Waals surface area contributed by atoms with E-state index in [1.54, 1.807) is 12.1 Å². The molecule has 1 aliphatic heterocycles. The molecule has 0 bridgehead atoms. The smallest absolute Gasteiger partial charge is 0.323 e. The first-order valence-electron chi connectivity index (χ1n) is 11.0. The number of halogens is 2. The Hall–Kier alpha value is -3.90. The third kappa shape index (κ3) is 6.01. The van der Waals surface area contributed by atoms with Crippen molar-refractivity contribution in [2.45, 2.75) is 12.6 Å². The summed E-state index contributed by atoms with van der Waals surface area (Å²) in [6.45, 7) is 0.0106. The van der Waals surface area contributed by atoms with Crippen LogP contribution < -0.4 is 5.73 Å². The number of carbonyl (C=O) groups is 3. The zero-order valence-corrected chi connectivity index (χ0v) is 19.5. The van der Waals surface area contributed by atoms with Gasteiger partial charge in [0.15, 0.2) is 6.10 Å². The molecule has 36 heavy (non-hydrogen) atoms. The van der Waals surface area contributed by atoms with Crippen molar-refractivity contribution in [3.63, 3.8) is 0 Å². The zero-order valence-electron chi connectivity index (χ0n) is 19.5. The van der Waals surface area contributed by atoms with Crippen LogP contribution in [0.25, 0.3) is 0 Å². The number of aliphatic carboxylic acids is 1. The molecule has 12 heteroatoms. The minimum absolute atomic E-state index is 0.170. The van der Waals surface area contributed by atoms with Crippen LogP contribution in [0.3, 0.4) is 0 Å². The van der Waals surface area contributed by atoms with Crippen molar-refractivity contribution < 1.29 is 37.7 Å². The number of amides is 2. The molecular formula is C24H26F2N4O6. The average Bonchev–Trinajstić information content (AvgIpc) is 2.86. The molecule has 2 aromatic rings. The number of nitrogens with zero attached hydrogens (tertiary/aromatic N) is 2. The predicted octanol–water partition coefficient (Wildman–Crippen LogP) is 1.52. The molecule has 1 unspecified atom stereocenters. The van der Waals surface area contributed by atoms with E-state index in [9.17, 15) is 23.9 Å². The second kappa shape index (κ2) is 11.7. The summed E-state index contributed by atoms with van der Waals surface area (Å²) in [5, 5.41) is 16.8. The van der Waals surface area contributed by atoms with E-state index in [-0.39, 0.29) is 38.7 Å². The van der Waals surface area contributed by atoms with Gasteiger partial charge in [0.05, 0.1) is 24.3 Å². The molecule has 1 aliphatic rings. The molecule has 0 aromatic heterocycles. The number of nitrogen functional groups attached to an aromatic ring is 1. The van der Waals surface area contributed by atoms with E-state index < -0.39 is 53.2 Å². The highest BCUT2D eigenvalue weighted by molar-refractivity contribution is 5.96. The highest BCUT2D eigenvalue weighted by Gasteiger charge is 2.34. The molecule has 0 saturated carbocycles. The number of carbonyl (C=O) groups excluding carboxylic acids is 2. The van der Waals surface area contributed by atoms with Gasteiger partial charge in [-0.05, 0) is 17.7 Å². The fourth-order valence-electron chi connectivity index (χ4n) is 3.80. The van der Waals surface area contributed by atoms with E-state index >= 15 is 4.39 Å². The van der Waals surface area contributed by atoms with E-state index in [4.69, 9.17) is 20.6 Å². The SMILES string of the molecule is COC(C(=O)N(CC(=O)O)Cc1ccc(C(=N)N)cc1)c1c(F)ccc(C(=O)N2CCOCC2)c1F. The topological polar surface area (TPSA) is 146 Å². The molecule has 0 spiro atoms. The first kappa shape index (κ1) is 26.7. The van der Waals surface area contributed by atoms with Gasteiger partial charge >= 0.3 is 5.97 Å². The molecule has 0 aliphatic carbocycles. The van der Waals surface area contributed by atoms with Crippen LogP contribution in [0.5, 0.6) is 0 Å². The lowest BCUT2D eigenvalue weighted by molar-refractivity contribution is -0.150. The summed E-state index contributed by atoms with van der Waals surface area (Å²) < 4.78 is 40.6. The molecule has 1 fully saturated rings. The van der Waals surface area contributed by atoms with Crippen LogP contribution in [-0.4, -0.2) is 78.5 Å². The first-order valence-corrected chi connectivity index (χ1v) is 11.0. The van der Waals surface area contributed by atoms with Crippen molar-refractivity contribution in [1.82, 2.24) is 9.80 Å². The summed E-state index contributed by atoms with van der Waals surface area (Å²) in [6, 6.07) is 8.00. The number of carboxylic acid groups (broad SMARTS) is 1. The van der Waals surface area contributed by atoms with Gasteiger partial charge in [-0.25, -0.2) is 8.78 Å². The van der Waals surface area contributed by atoms with Crippen molar-refractivity contribution in [1.29, 1.82) is 5.41 Å². The number of ether oxygens (including phenoxy) is 2. The van der Waals surface area contributed by atoms with E-state index in [1.807, 2.05) is 0 Å². The lowest BCUT2D eigenvalue weighted by Crippen LogP contribution is -2.41. The predicted molar refractivity (Wildman–Crippen MR) is 123 cm³/mol. The molecule has 1 atom stereocenters. The summed E-state index contributed by atoms with van der Waals surface area (Å²) in [4.78, 5) is 39.8. The van der Waals surface area contributed by atoms with Gasteiger partial charge in [0.1, 0.15) is 24.0 Å². The molecule has 4 N–H and O–H groups in total. The number of hydrogen-bond acceptors (Lipinski definition) is 6. The molecule has 1 heterocycles. The minimum Gasteiger partial charge on any atom is -0.480 e. The van der Waals surface area contributed by atoms with Crippen LogP contribution in [-0.2, 0) is 25.6 Å². The maximum Gasteiger partial charge on any atom is 0.323 e. The molecule has 0 radical (unpaired) electrons. The summed E-state index contributed by atoms with van der Waals surface area (Å²) in [7, 11) is 1.05. The maximum atomic E-state index is 15.5. The highest BCUT2D eigenvalue weighted by atomic mass is 19.1. The number of nitrogens with two attached hydrogens (primary N) is 1. The number of hydrogen-bond donors (Lipinski definition) is 3. The minimum atomic E-state index is -1.85. The van der Waals surface area contributed by atoms with Gasteiger partial charge in [-0.2, -0.15) is 0 Å². The van der Waals surface area contributed by atoms with E-state index in [0.29, 0.717) is 11.1 Å². The second-order valence-electron chi connectivity index (χ2n) is 8.04. The van der Waals surface area contributed by atoms with Crippen LogP contribution >= 0.6 is 0 Å². The van der Waals surface area contributed by atoms with Crippen molar-refractivity contribution >= 4 is 23.6 Å². The largest absolute Gasteiger partial charge is 0.480 e. The van der Waals surface area contributed by atoms with E-state index in [0.717, 1.165) is 24.1 Å². The molecule has 2 aromatic carbocycles. The fraction of sp³-hybridized carbons (Fsp3) is 0.333. The third-order valence-corrected chi connectivity index (χ3v) is 5.65. The lowest BCUT2D eigenvalue weighted by atomic mass is 10.0. The summed E-state index contributed by atoms with van der Waals surface area (Å²) in [6.07, 6.45) is -1.85. The molecule has 1 saturated heterocycles. The number of nitrogens with one attached hydrogen (secondary N) is 1. The van der Waals surface area contributed by atoms with Crippen molar-refractivity contribution in [3.05, 3.63) is 70.3 Å². The quantitative estimate of drug-likeness (QED) is 0.347. The number of rotatable bonds is 9. The first-order chi connectivity index (χ1) is 17.1. The van der Waals surface area contributed by atoms with Gasteiger partial charge in [-0.1, -0.05) is 24.3 Å². The molecule has 192 valence electrons. The number of methoxy groups -OCH3 is 1. The van der Waals surface area contributed by atoms with Crippen molar-refractivity contribution in [2.75, 3.05) is 40.0 Å². The Bertz CT molecular complexity index is 1150. The Kier molecular flexibility index (Phi) is 8.67. The Morgan fingerprint density at radius 1 is 1.17 bits per heavy atom. The van der Waals surface area contributed by atoms with Gasteiger partial charge in [-0.3, -0.25) is 19.8 Å². The van der Waals surface area contributed by atoms with E-state index in [1.165, 1.54) is 17.0 Å². The van der Waals surface area contributed by atoms with Crippen molar-refractivity contribution in [2.24, 2.45) is 5.73 Å². The van der Waals surface area contributed by atoms with Crippen LogP contribution in [0, 0.1) is 17.0 Å². The van der Waals surface area contributed by atoms with Gasteiger partial charge in [0.25, 0.3) is 11.8 Å². The van der Waals surface area contributed by atoms with Crippen molar-refractivity contribution in [3.8, 4) is 0 Å². The molecule has 3 rings (SSSR count). The second-order valence-corrected chi connectivity index (χ2v) is 8.04. The molecular weight excluding hydrogens is 478 g/mol. The van der Waals surface area contributed by atoms with Crippen LogP contribution in [0.1, 0.15) is 33.2 Å².